The minimum absolute atomic E-state index is 0.00250. The van der Waals surface area contributed by atoms with Crippen LogP contribution in [0, 0.1) is 5.92 Å². The zero-order valence-electron chi connectivity index (χ0n) is 10.1. The molecule has 0 unspecified atom stereocenters. The number of esters is 1. The summed E-state index contributed by atoms with van der Waals surface area (Å²) in [7, 11) is 0. The van der Waals surface area contributed by atoms with Crippen molar-refractivity contribution < 1.29 is 9.53 Å². The fraction of sp³-hybridized carbons (Fsp3) is 0.917. The minimum Gasteiger partial charge on any atom is -0.459 e. The Morgan fingerprint density at radius 3 is 2.33 bits per heavy atom. The lowest BCUT2D eigenvalue weighted by Crippen LogP contribution is -2.37. The van der Waals surface area contributed by atoms with E-state index >= 15 is 0 Å². The molecule has 0 atom stereocenters. The summed E-state index contributed by atoms with van der Waals surface area (Å²) in [5, 5.41) is 3.25. The van der Waals surface area contributed by atoms with Gasteiger partial charge in [0, 0.05) is 0 Å². The number of rotatable bonds is 4. The third kappa shape index (κ3) is 3.49. The maximum absolute atomic E-state index is 11.9. The van der Waals surface area contributed by atoms with Gasteiger partial charge in [0.05, 0.1) is 5.92 Å². The number of ether oxygens (including phenoxy) is 1. The zero-order chi connectivity index (χ0) is 11.3. The molecule has 0 aromatic carbocycles. The van der Waals surface area contributed by atoms with E-state index in [-0.39, 0.29) is 17.5 Å². The van der Waals surface area contributed by atoms with Gasteiger partial charge in [-0.05, 0) is 45.7 Å². The number of carbonyl (C=O) groups is 1. The van der Waals surface area contributed by atoms with Crippen molar-refractivity contribution in [3.63, 3.8) is 0 Å². The van der Waals surface area contributed by atoms with Crippen molar-refractivity contribution in [1.29, 1.82) is 0 Å². The van der Waals surface area contributed by atoms with E-state index in [0.29, 0.717) is 0 Å². The van der Waals surface area contributed by atoms with Gasteiger partial charge in [0.15, 0.2) is 0 Å². The van der Waals surface area contributed by atoms with Gasteiger partial charge >= 0.3 is 5.97 Å². The van der Waals surface area contributed by atoms with Crippen LogP contribution in [0.25, 0.3) is 0 Å². The molecule has 0 bridgehead atoms. The highest BCUT2D eigenvalue weighted by molar-refractivity contribution is 5.73. The number of piperidine rings is 1. The first-order chi connectivity index (χ1) is 7.11. The third-order valence-corrected chi connectivity index (χ3v) is 3.52. The smallest absolute Gasteiger partial charge is 0.309 e. The molecule has 1 aliphatic rings. The summed E-state index contributed by atoms with van der Waals surface area (Å²) in [6, 6.07) is 0. The fourth-order valence-electron chi connectivity index (χ4n) is 1.78. The van der Waals surface area contributed by atoms with Gasteiger partial charge in [-0.3, -0.25) is 4.79 Å². The predicted molar refractivity (Wildman–Crippen MR) is 60.7 cm³/mol. The van der Waals surface area contributed by atoms with Crippen LogP contribution in [0.3, 0.4) is 0 Å². The Bertz CT molecular complexity index is 206. The van der Waals surface area contributed by atoms with Crippen LogP contribution in [0.4, 0.5) is 0 Å². The monoisotopic (exact) mass is 213 g/mol. The average Bonchev–Trinajstić information content (AvgIpc) is 2.30. The van der Waals surface area contributed by atoms with Crippen LogP contribution in [0.1, 0.15) is 46.5 Å². The first-order valence-electron chi connectivity index (χ1n) is 6.05. The largest absolute Gasteiger partial charge is 0.459 e. The predicted octanol–water partition coefficient (Wildman–Crippen LogP) is 2.11. The van der Waals surface area contributed by atoms with Crippen molar-refractivity contribution in [2.24, 2.45) is 5.92 Å². The van der Waals surface area contributed by atoms with E-state index < -0.39 is 0 Å². The lowest BCUT2D eigenvalue weighted by atomic mass is 9.96. The molecular weight excluding hydrogens is 190 g/mol. The molecule has 0 saturated carbocycles. The van der Waals surface area contributed by atoms with Gasteiger partial charge in [0.2, 0.25) is 0 Å². The van der Waals surface area contributed by atoms with Crippen LogP contribution in [0.15, 0.2) is 0 Å². The fourth-order valence-corrected chi connectivity index (χ4v) is 1.78. The lowest BCUT2D eigenvalue weighted by Gasteiger charge is -2.30. The summed E-state index contributed by atoms with van der Waals surface area (Å²) in [5.41, 5.74) is -0.262. The third-order valence-electron chi connectivity index (χ3n) is 3.52. The van der Waals surface area contributed by atoms with Crippen LogP contribution in [-0.4, -0.2) is 24.7 Å². The molecule has 0 spiro atoms. The molecule has 1 N–H and O–H groups in total. The zero-order valence-corrected chi connectivity index (χ0v) is 10.1. The van der Waals surface area contributed by atoms with Crippen LogP contribution < -0.4 is 5.32 Å². The van der Waals surface area contributed by atoms with Gasteiger partial charge in [0.25, 0.3) is 0 Å². The first-order valence-corrected chi connectivity index (χ1v) is 6.05. The van der Waals surface area contributed by atoms with E-state index in [1.807, 2.05) is 6.92 Å². The van der Waals surface area contributed by atoms with E-state index in [9.17, 15) is 4.79 Å². The Morgan fingerprint density at radius 2 is 1.87 bits per heavy atom. The quantitative estimate of drug-likeness (QED) is 0.727. The molecule has 1 fully saturated rings. The van der Waals surface area contributed by atoms with Gasteiger partial charge in [0.1, 0.15) is 5.60 Å². The summed E-state index contributed by atoms with van der Waals surface area (Å²) >= 11 is 0. The van der Waals surface area contributed by atoms with E-state index in [1.54, 1.807) is 0 Å². The molecule has 0 aliphatic carbocycles. The molecular formula is C12H23NO2. The molecule has 1 saturated heterocycles. The first kappa shape index (κ1) is 12.5. The maximum Gasteiger partial charge on any atom is 0.309 e. The average molecular weight is 213 g/mol. The molecule has 0 amide bonds. The van der Waals surface area contributed by atoms with Crippen molar-refractivity contribution >= 4 is 5.97 Å². The molecule has 0 aromatic heterocycles. The van der Waals surface area contributed by atoms with Crippen molar-refractivity contribution in [2.45, 2.75) is 52.1 Å². The van der Waals surface area contributed by atoms with Crippen molar-refractivity contribution in [3.8, 4) is 0 Å². The minimum atomic E-state index is -0.262. The highest BCUT2D eigenvalue weighted by Crippen LogP contribution is 2.23. The van der Waals surface area contributed by atoms with Gasteiger partial charge in [-0.25, -0.2) is 0 Å². The second-order valence-electron chi connectivity index (χ2n) is 4.60. The molecule has 1 aliphatic heterocycles. The van der Waals surface area contributed by atoms with Crippen molar-refractivity contribution in [3.05, 3.63) is 0 Å². The molecule has 0 radical (unpaired) electrons. The van der Waals surface area contributed by atoms with Crippen LogP contribution in [-0.2, 0) is 9.53 Å². The molecule has 1 heterocycles. The summed E-state index contributed by atoms with van der Waals surface area (Å²) in [4.78, 5) is 11.9. The number of carbonyl (C=O) groups excluding carboxylic acids is 1. The van der Waals surface area contributed by atoms with Crippen molar-refractivity contribution in [2.75, 3.05) is 13.1 Å². The molecule has 3 heteroatoms. The number of hydrogen-bond donors (Lipinski definition) is 1. The summed E-state index contributed by atoms with van der Waals surface area (Å²) < 4.78 is 5.61. The highest BCUT2D eigenvalue weighted by Gasteiger charge is 2.29. The van der Waals surface area contributed by atoms with E-state index in [0.717, 1.165) is 38.8 Å². The lowest BCUT2D eigenvalue weighted by molar-refractivity contribution is -0.164. The second kappa shape index (κ2) is 5.50. The second-order valence-corrected chi connectivity index (χ2v) is 4.60. The normalized spacial score (nSPS) is 18.9. The standard InChI is InChI=1S/C12H23NO2/c1-4-12(3,5-2)15-11(14)10-6-8-13-9-7-10/h10,13H,4-9H2,1-3H3. The Labute approximate surface area is 92.6 Å². The highest BCUT2D eigenvalue weighted by atomic mass is 16.6. The molecule has 0 aromatic rings. The SMILES string of the molecule is CCC(C)(CC)OC(=O)C1CCNCC1. The Balaban J connectivity index is 2.46. The van der Waals surface area contributed by atoms with Gasteiger partial charge in [-0.1, -0.05) is 13.8 Å². The molecule has 15 heavy (non-hydrogen) atoms. The topological polar surface area (TPSA) is 38.3 Å². The summed E-state index contributed by atoms with van der Waals surface area (Å²) in [6.07, 6.45) is 3.62. The van der Waals surface area contributed by atoms with Crippen LogP contribution in [0.2, 0.25) is 0 Å². The molecule has 1 rings (SSSR count). The summed E-state index contributed by atoms with van der Waals surface area (Å²) in [5.74, 6) is 0.117. The van der Waals surface area contributed by atoms with Gasteiger partial charge in [-0.15, -0.1) is 0 Å². The molecule has 3 nitrogen and oxygen atoms in total. The van der Waals surface area contributed by atoms with E-state index in [4.69, 9.17) is 4.74 Å². The Morgan fingerprint density at radius 1 is 1.33 bits per heavy atom. The maximum atomic E-state index is 11.9. The van der Waals surface area contributed by atoms with Gasteiger partial charge in [-0.2, -0.15) is 0 Å². The Hall–Kier alpha value is -0.570. The summed E-state index contributed by atoms with van der Waals surface area (Å²) in [6.45, 7) is 8.04. The molecule has 88 valence electrons. The van der Waals surface area contributed by atoms with Crippen LogP contribution >= 0.6 is 0 Å². The van der Waals surface area contributed by atoms with Crippen molar-refractivity contribution in [1.82, 2.24) is 5.32 Å². The Kier molecular flexibility index (Phi) is 4.58. The van der Waals surface area contributed by atoms with Gasteiger partial charge < -0.3 is 10.1 Å². The number of nitrogens with one attached hydrogen (secondary N) is 1. The van der Waals surface area contributed by atoms with E-state index in [1.165, 1.54) is 0 Å². The van der Waals surface area contributed by atoms with E-state index in [2.05, 4.69) is 19.2 Å². The van der Waals surface area contributed by atoms with Crippen LogP contribution in [0.5, 0.6) is 0 Å². The number of hydrogen-bond acceptors (Lipinski definition) is 3.